The highest BCUT2D eigenvalue weighted by Crippen LogP contribution is 2.36. The van der Waals surface area contributed by atoms with Crippen molar-refractivity contribution in [3.8, 4) is 0 Å². The summed E-state index contributed by atoms with van der Waals surface area (Å²) in [6, 6.07) is -0.0559. The molecule has 0 radical (unpaired) electrons. The Morgan fingerprint density at radius 3 is 2.53 bits per heavy atom. The van der Waals surface area contributed by atoms with Gasteiger partial charge in [-0.25, -0.2) is 19.4 Å². The Kier molecular flexibility index (Phi) is 6.10. The number of rotatable bonds is 4. The summed E-state index contributed by atoms with van der Waals surface area (Å²) in [6.07, 6.45) is 0.207. The van der Waals surface area contributed by atoms with Crippen LogP contribution >= 0.6 is 0 Å². The Morgan fingerprint density at radius 2 is 1.94 bits per heavy atom. The summed E-state index contributed by atoms with van der Waals surface area (Å²) in [5.41, 5.74) is -0.315. The highest BCUT2D eigenvalue weighted by molar-refractivity contribution is 5.97. The van der Waals surface area contributed by atoms with Crippen LogP contribution in [-0.4, -0.2) is 77.7 Å². The van der Waals surface area contributed by atoms with E-state index in [1.165, 1.54) is 10.9 Å². The molecule has 0 spiro atoms. The molecule has 2 aromatic heterocycles. The summed E-state index contributed by atoms with van der Waals surface area (Å²) < 4.78 is 12.7. The van der Waals surface area contributed by atoms with Crippen LogP contribution < -0.4 is 4.90 Å². The smallest absolute Gasteiger partial charge is 0.416 e. The van der Waals surface area contributed by atoms with Crippen molar-refractivity contribution in [2.75, 3.05) is 11.5 Å². The summed E-state index contributed by atoms with van der Waals surface area (Å²) in [6.45, 7) is 6.72. The normalized spacial score (nSPS) is 26.7. The molecule has 1 aliphatic carbocycles. The fraction of sp³-hybridized carbons (Fsp3) is 0.714. The molecule has 1 saturated carbocycles. The standard InChI is InChI=1S/C21H31N5O6/c1-11-23-17(25(12-7-5-6-8-12)20(30)32-21(2,3)4)13-9-22-26(18(13)24-11)19-16(29)15(28)14(10-27)31-19/h9,12,14-16,19,27-29H,5-8,10H2,1-4H3/t14-,15-,16-,19-/m1/s1. The number of aliphatic hydroxyl groups excluding tert-OH is 3. The third-order valence-electron chi connectivity index (χ3n) is 5.81. The first-order valence-electron chi connectivity index (χ1n) is 11.0. The lowest BCUT2D eigenvalue weighted by Gasteiger charge is -2.31. The summed E-state index contributed by atoms with van der Waals surface area (Å²) >= 11 is 0. The number of fused-ring (bicyclic) bond motifs is 1. The van der Waals surface area contributed by atoms with Gasteiger partial charge in [0, 0.05) is 6.04 Å². The molecule has 0 aromatic carbocycles. The summed E-state index contributed by atoms with van der Waals surface area (Å²) in [7, 11) is 0. The van der Waals surface area contributed by atoms with Crippen molar-refractivity contribution in [1.29, 1.82) is 0 Å². The lowest BCUT2D eigenvalue weighted by atomic mass is 10.1. The summed E-state index contributed by atoms with van der Waals surface area (Å²) in [5.74, 6) is 0.805. The van der Waals surface area contributed by atoms with Crippen LogP contribution in [0.4, 0.5) is 10.6 Å². The number of nitrogens with zero attached hydrogens (tertiary/aromatic N) is 5. The molecule has 1 saturated heterocycles. The number of hydrogen-bond acceptors (Lipinski definition) is 9. The quantitative estimate of drug-likeness (QED) is 0.631. The Morgan fingerprint density at radius 1 is 1.25 bits per heavy atom. The van der Waals surface area contributed by atoms with Gasteiger partial charge in [-0.3, -0.25) is 4.90 Å². The SMILES string of the molecule is Cc1nc(N(C(=O)OC(C)(C)C)C2CCCC2)c2cnn([C@@H]3O[C@H](CO)[C@@H](O)[C@H]3O)c2n1. The van der Waals surface area contributed by atoms with Gasteiger partial charge in [0.2, 0.25) is 0 Å². The monoisotopic (exact) mass is 449 g/mol. The van der Waals surface area contributed by atoms with Crippen molar-refractivity contribution in [1.82, 2.24) is 19.7 Å². The van der Waals surface area contributed by atoms with Gasteiger partial charge >= 0.3 is 6.09 Å². The Labute approximate surface area is 186 Å². The second-order valence-corrected chi connectivity index (χ2v) is 9.44. The van der Waals surface area contributed by atoms with E-state index in [2.05, 4.69) is 15.1 Å². The number of ether oxygens (including phenoxy) is 2. The Balaban J connectivity index is 1.79. The lowest BCUT2D eigenvalue weighted by Crippen LogP contribution is -2.43. The van der Waals surface area contributed by atoms with Gasteiger partial charge < -0.3 is 24.8 Å². The molecule has 2 aromatic rings. The maximum atomic E-state index is 13.2. The number of carbonyl (C=O) groups is 1. The fourth-order valence-electron chi connectivity index (χ4n) is 4.35. The third-order valence-corrected chi connectivity index (χ3v) is 5.81. The van der Waals surface area contributed by atoms with Crippen molar-refractivity contribution < 1.29 is 29.6 Å². The molecule has 1 aliphatic heterocycles. The highest BCUT2D eigenvalue weighted by atomic mass is 16.6. The molecule has 3 heterocycles. The van der Waals surface area contributed by atoms with Gasteiger partial charge in [0.25, 0.3) is 0 Å². The molecule has 11 heteroatoms. The molecular formula is C21H31N5O6. The second kappa shape index (κ2) is 8.54. The van der Waals surface area contributed by atoms with Crippen LogP contribution in [0.5, 0.6) is 0 Å². The number of amides is 1. The molecule has 11 nitrogen and oxygen atoms in total. The zero-order chi connectivity index (χ0) is 23.2. The van der Waals surface area contributed by atoms with Gasteiger partial charge in [-0.15, -0.1) is 0 Å². The topological polar surface area (TPSA) is 143 Å². The zero-order valence-corrected chi connectivity index (χ0v) is 18.8. The number of carbonyl (C=O) groups excluding carboxylic acids is 1. The fourth-order valence-corrected chi connectivity index (χ4v) is 4.35. The Hall–Kier alpha value is -2.34. The number of anilines is 1. The predicted molar refractivity (Wildman–Crippen MR) is 114 cm³/mol. The van der Waals surface area contributed by atoms with Crippen LogP contribution in [0.3, 0.4) is 0 Å². The van der Waals surface area contributed by atoms with Gasteiger partial charge in [0.05, 0.1) is 18.2 Å². The largest absolute Gasteiger partial charge is 0.443 e. The number of aryl methyl sites for hydroxylation is 1. The van der Waals surface area contributed by atoms with E-state index in [1.807, 2.05) is 20.8 Å². The minimum atomic E-state index is -1.30. The zero-order valence-electron chi connectivity index (χ0n) is 18.8. The van der Waals surface area contributed by atoms with Crippen molar-refractivity contribution >= 4 is 22.9 Å². The first-order chi connectivity index (χ1) is 15.1. The summed E-state index contributed by atoms with van der Waals surface area (Å²) in [4.78, 5) is 23.9. The molecule has 2 aliphatic rings. The van der Waals surface area contributed by atoms with Crippen molar-refractivity contribution in [3.63, 3.8) is 0 Å². The third kappa shape index (κ3) is 4.17. The van der Waals surface area contributed by atoms with Gasteiger partial charge in [-0.05, 0) is 40.5 Å². The first kappa shape index (κ1) is 22.8. The lowest BCUT2D eigenvalue weighted by molar-refractivity contribution is -0.0566. The molecule has 1 amide bonds. The Bertz CT molecular complexity index is 983. The van der Waals surface area contributed by atoms with Crippen molar-refractivity contribution in [2.24, 2.45) is 0 Å². The van der Waals surface area contributed by atoms with Gasteiger partial charge in [0.1, 0.15) is 29.7 Å². The van der Waals surface area contributed by atoms with Crippen molar-refractivity contribution in [2.45, 2.75) is 89.6 Å². The van der Waals surface area contributed by atoms with E-state index in [0.29, 0.717) is 22.7 Å². The predicted octanol–water partition coefficient (Wildman–Crippen LogP) is 1.43. The number of hydrogen-bond donors (Lipinski definition) is 3. The van der Waals surface area contributed by atoms with Crippen LogP contribution in [-0.2, 0) is 9.47 Å². The van der Waals surface area contributed by atoms with E-state index in [9.17, 15) is 20.1 Å². The molecule has 3 N–H and O–H groups in total. The van der Waals surface area contributed by atoms with Crippen LogP contribution in [0.1, 0.15) is 58.5 Å². The maximum absolute atomic E-state index is 13.2. The van der Waals surface area contributed by atoms with Crippen molar-refractivity contribution in [3.05, 3.63) is 12.0 Å². The maximum Gasteiger partial charge on any atom is 0.416 e. The van der Waals surface area contributed by atoms with Gasteiger partial charge in [-0.2, -0.15) is 5.10 Å². The van der Waals surface area contributed by atoms with Crippen LogP contribution in [0, 0.1) is 6.92 Å². The van der Waals surface area contributed by atoms with E-state index in [1.54, 1.807) is 11.8 Å². The van der Waals surface area contributed by atoms with Crippen LogP contribution in [0.15, 0.2) is 6.20 Å². The average Bonchev–Trinajstić information content (AvgIpc) is 3.42. The van der Waals surface area contributed by atoms with Gasteiger partial charge in [0.15, 0.2) is 17.7 Å². The molecule has 0 bridgehead atoms. The minimum absolute atomic E-state index is 0.0559. The van der Waals surface area contributed by atoms with Gasteiger partial charge in [-0.1, -0.05) is 12.8 Å². The molecule has 4 rings (SSSR count). The minimum Gasteiger partial charge on any atom is -0.443 e. The van der Waals surface area contributed by atoms with E-state index < -0.39 is 42.8 Å². The van der Waals surface area contributed by atoms with E-state index in [-0.39, 0.29) is 6.04 Å². The molecule has 0 unspecified atom stereocenters. The molecule has 32 heavy (non-hydrogen) atoms. The second-order valence-electron chi connectivity index (χ2n) is 9.44. The van der Waals surface area contributed by atoms with Crippen LogP contribution in [0.2, 0.25) is 0 Å². The number of aromatic nitrogens is 4. The first-order valence-corrected chi connectivity index (χ1v) is 11.0. The molecule has 4 atom stereocenters. The van der Waals surface area contributed by atoms with E-state index in [4.69, 9.17) is 9.47 Å². The number of aliphatic hydroxyl groups is 3. The summed E-state index contributed by atoms with van der Waals surface area (Å²) in [5, 5.41) is 34.8. The van der Waals surface area contributed by atoms with E-state index >= 15 is 0 Å². The highest BCUT2D eigenvalue weighted by Gasteiger charge is 2.45. The molecule has 176 valence electrons. The molecule has 2 fully saturated rings. The van der Waals surface area contributed by atoms with E-state index in [0.717, 1.165) is 25.7 Å². The van der Waals surface area contributed by atoms with Crippen LogP contribution in [0.25, 0.3) is 11.0 Å². The molecular weight excluding hydrogens is 418 g/mol. The average molecular weight is 450 g/mol.